The van der Waals surface area contributed by atoms with Gasteiger partial charge in [0.05, 0.1) is 30.3 Å². The lowest BCUT2D eigenvalue weighted by atomic mass is 9.77. The van der Waals surface area contributed by atoms with Crippen molar-refractivity contribution in [1.82, 2.24) is 0 Å². The average molecular weight is 278 g/mol. The first kappa shape index (κ1) is 14.5. The molecule has 1 aromatic rings. The first-order chi connectivity index (χ1) is 9.54. The summed E-state index contributed by atoms with van der Waals surface area (Å²) < 4.78 is 10.1. The summed E-state index contributed by atoms with van der Waals surface area (Å²) >= 11 is 0. The van der Waals surface area contributed by atoms with Crippen molar-refractivity contribution in [2.24, 2.45) is 11.8 Å². The molecule has 1 aliphatic rings. The van der Waals surface area contributed by atoms with Gasteiger partial charge in [-0.15, -0.1) is 0 Å². The summed E-state index contributed by atoms with van der Waals surface area (Å²) in [5.74, 6) is -1.29. The molecule has 2 rings (SSSR count). The standard InChI is InChI=1S/C15H18O5/c1-3-19-15(18)10-4-5-13(16)12(8-10)14(17)11-6-7-20-9(11)2/h6-7,10,12H,3-5,8H2,1-2H3. The molecule has 1 aliphatic carbocycles. The SMILES string of the molecule is CCOC(=O)C1CCC(=O)C(C(=O)c2ccoc2C)C1. The van der Waals surface area contributed by atoms with Crippen LogP contribution in [0.1, 0.15) is 42.3 Å². The number of ketones is 2. The normalized spacial score (nSPS) is 22.6. The summed E-state index contributed by atoms with van der Waals surface area (Å²) in [6.07, 6.45) is 2.38. The second-order valence-corrected chi connectivity index (χ2v) is 5.00. The number of aryl methyl sites for hydroxylation is 1. The number of carbonyl (C=O) groups excluding carboxylic acids is 3. The largest absolute Gasteiger partial charge is 0.469 e. The number of rotatable bonds is 4. The van der Waals surface area contributed by atoms with Crippen LogP contribution in [0.2, 0.25) is 0 Å². The molecule has 0 spiro atoms. The lowest BCUT2D eigenvalue weighted by Gasteiger charge is -2.25. The van der Waals surface area contributed by atoms with Crippen molar-refractivity contribution in [3.05, 3.63) is 23.7 Å². The van der Waals surface area contributed by atoms with Gasteiger partial charge in [0.25, 0.3) is 0 Å². The van der Waals surface area contributed by atoms with Gasteiger partial charge in [-0.3, -0.25) is 14.4 Å². The van der Waals surface area contributed by atoms with E-state index in [0.29, 0.717) is 24.4 Å². The summed E-state index contributed by atoms with van der Waals surface area (Å²) in [5.41, 5.74) is 0.424. The molecular weight excluding hydrogens is 260 g/mol. The number of esters is 1. The number of ether oxygens (including phenoxy) is 1. The number of furan rings is 1. The molecule has 1 heterocycles. The second-order valence-electron chi connectivity index (χ2n) is 5.00. The van der Waals surface area contributed by atoms with Gasteiger partial charge in [-0.2, -0.15) is 0 Å². The van der Waals surface area contributed by atoms with Crippen LogP contribution in [0.5, 0.6) is 0 Å². The number of hydrogen-bond donors (Lipinski definition) is 0. The van der Waals surface area contributed by atoms with E-state index in [9.17, 15) is 14.4 Å². The fraction of sp³-hybridized carbons (Fsp3) is 0.533. The molecule has 1 aromatic heterocycles. The van der Waals surface area contributed by atoms with Gasteiger partial charge >= 0.3 is 5.97 Å². The topological polar surface area (TPSA) is 73.6 Å². The van der Waals surface area contributed by atoms with Crippen molar-refractivity contribution in [3.63, 3.8) is 0 Å². The third kappa shape index (κ3) is 2.81. The van der Waals surface area contributed by atoms with E-state index in [1.807, 2.05) is 0 Å². The third-order valence-corrected chi connectivity index (χ3v) is 3.71. The van der Waals surface area contributed by atoms with Gasteiger partial charge in [-0.1, -0.05) is 0 Å². The van der Waals surface area contributed by atoms with Gasteiger partial charge < -0.3 is 9.15 Å². The zero-order valence-electron chi connectivity index (χ0n) is 11.7. The van der Waals surface area contributed by atoms with Gasteiger partial charge in [0.1, 0.15) is 11.5 Å². The van der Waals surface area contributed by atoms with E-state index in [-0.39, 0.29) is 36.3 Å². The van der Waals surface area contributed by atoms with Crippen molar-refractivity contribution in [3.8, 4) is 0 Å². The van der Waals surface area contributed by atoms with E-state index in [2.05, 4.69) is 0 Å². The Morgan fingerprint density at radius 2 is 2.20 bits per heavy atom. The van der Waals surface area contributed by atoms with Crippen LogP contribution in [0.15, 0.2) is 16.7 Å². The van der Waals surface area contributed by atoms with E-state index >= 15 is 0 Å². The van der Waals surface area contributed by atoms with Gasteiger partial charge in [-0.05, 0) is 32.8 Å². The number of carbonyl (C=O) groups is 3. The molecule has 108 valence electrons. The lowest BCUT2D eigenvalue weighted by Crippen LogP contribution is -2.35. The number of hydrogen-bond acceptors (Lipinski definition) is 5. The maximum Gasteiger partial charge on any atom is 0.308 e. The van der Waals surface area contributed by atoms with E-state index in [1.165, 1.54) is 6.26 Å². The minimum Gasteiger partial charge on any atom is -0.469 e. The Morgan fingerprint density at radius 1 is 1.45 bits per heavy atom. The van der Waals surface area contributed by atoms with Crippen molar-refractivity contribution in [1.29, 1.82) is 0 Å². The fourth-order valence-corrected chi connectivity index (χ4v) is 2.58. The van der Waals surface area contributed by atoms with Gasteiger partial charge in [0.2, 0.25) is 0 Å². The molecule has 2 unspecified atom stereocenters. The molecule has 20 heavy (non-hydrogen) atoms. The van der Waals surface area contributed by atoms with Crippen LogP contribution in [0, 0.1) is 18.8 Å². The monoisotopic (exact) mass is 278 g/mol. The molecule has 1 fully saturated rings. The summed E-state index contributed by atoms with van der Waals surface area (Å²) in [6.45, 7) is 3.73. The molecule has 1 saturated carbocycles. The molecule has 2 atom stereocenters. The Balaban J connectivity index is 2.13. The maximum atomic E-state index is 12.4. The highest BCUT2D eigenvalue weighted by Gasteiger charge is 2.38. The Hall–Kier alpha value is -1.91. The predicted molar refractivity (Wildman–Crippen MR) is 70.2 cm³/mol. The molecule has 5 nitrogen and oxygen atoms in total. The smallest absolute Gasteiger partial charge is 0.308 e. The van der Waals surface area contributed by atoms with Gasteiger partial charge in [0.15, 0.2) is 5.78 Å². The lowest BCUT2D eigenvalue weighted by molar-refractivity contribution is -0.150. The molecule has 0 bridgehead atoms. The van der Waals surface area contributed by atoms with Crippen molar-refractivity contribution in [2.75, 3.05) is 6.61 Å². The summed E-state index contributed by atoms with van der Waals surface area (Å²) in [6, 6.07) is 1.57. The Labute approximate surface area is 117 Å². The summed E-state index contributed by atoms with van der Waals surface area (Å²) in [4.78, 5) is 36.1. The molecule has 5 heteroatoms. The summed E-state index contributed by atoms with van der Waals surface area (Å²) in [7, 11) is 0. The first-order valence-corrected chi connectivity index (χ1v) is 6.82. The molecule has 0 aliphatic heterocycles. The third-order valence-electron chi connectivity index (χ3n) is 3.71. The minimum absolute atomic E-state index is 0.101. The van der Waals surface area contributed by atoms with Crippen LogP contribution >= 0.6 is 0 Å². The van der Waals surface area contributed by atoms with Crippen LogP contribution in [0.4, 0.5) is 0 Å². The van der Waals surface area contributed by atoms with Gasteiger partial charge in [0, 0.05) is 6.42 Å². The highest BCUT2D eigenvalue weighted by molar-refractivity contribution is 6.11. The van der Waals surface area contributed by atoms with Crippen LogP contribution in [-0.4, -0.2) is 24.1 Å². The average Bonchev–Trinajstić information content (AvgIpc) is 2.85. The Kier molecular flexibility index (Phi) is 4.37. The van der Waals surface area contributed by atoms with Crippen molar-refractivity contribution >= 4 is 17.5 Å². The zero-order chi connectivity index (χ0) is 14.7. The Bertz CT molecular complexity index is 528. The molecular formula is C15H18O5. The summed E-state index contributed by atoms with van der Waals surface area (Å²) in [5, 5.41) is 0. The van der Waals surface area contributed by atoms with E-state index < -0.39 is 5.92 Å². The van der Waals surface area contributed by atoms with Crippen LogP contribution < -0.4 is 0 Å². The highest BCUT2D eigenvalue weighted by Crippen LogP contribution is 2.30. The van der Waals surface area contributed by atoms with Crippen LogP contribution in [0.3, 0.4) is 0 Å². The number of Topliss-reactive ketones (excluding diaryl/α,β-unsaturated/α-hetero) is 2. The quantitative estimate of drug-likeness (QED) is 0.480. The molecule has 0 saturated heterocycles. The predicted octanol–water partition coefficient (Wildman–Crippen LogP) is 2.32. The van der Waals surface area contributed by atoms with Gasteiger partial charge in [-0.25, -0.2) is 0 Å². The molecule has 0 radical (unpaired) electrons. The van der Waals surface area contributed by atoms with E-state index in [4.69, 9.17) is 9.15 Å². The van der Waals surface area contributed by atoms with E-state index in [1.54, 1.807) is 19.9 Å². The minimum atomic E-state index is -0.755. The fourth-order valence-electron chi connectivity index (χ4n) is 2.58. The van der Waals surface area contributed by atoms with Crippen molar-refractivity contribution < 1.29 is 23.5 Å². The zero-order valence-corrected chi connectivity index (χ0v) is 11.7. The Morgan fingerprint density at radius 3 is 2.80 bits per heavy atom. The maximum absolute atomic E-state index is 12.4. The highest BCUT2D eigenvalue weighted by atomic mass is 16.5. The van der Waals surface area contributed by atoms with Crippen LogP contribution in [0.25, 0.3) is 0 Å². The first-order valence-electron chi connectivity index (χ1n) is 6.82. The molecule has 0 amide bonds. The molecule has 0 aromatic carbocycles. The van der Waals surface area contributed by atoms with Crippen molar-refractivity contribution in [2.45, 2.75) is 33.1 Å². The van der Waals surface area contributed by atoms with Crippen LogP contribution in [-0.2, 0) is 14.3 Å². The second kappa shape index (κ2) is 6.03. The molecule has 0 N–H and O–H groups in total. The van der Waals surface area contributed by atoms with E-state index in [0.717, 1.165) is 0 Å².